The fourth-order valence-electron chi connectivity index (χ4n) is 2.85. The third-order valence-electron chi connectivity index (χ3n) is 3.97. The van der Waals surface area contributed by atoms with E-state index in [1.54, 1.807) is 42.8 Å². The number of carbonyl (C=O) groups excluding carboxylic acids is 2. The molecule has 0 radical (unpaired) electrons. The molecular formula is C20H22N4O3. The van der Waals surface area contributed by atoms with Crippen LogP contribution in [0, 0.1) is 0 Å². The lowest BCUT2D eigenvalue weighted by atomic mass is 10.2. The third kappa shape index (κ3) is 4.31. The van der Waals surface area contributed by atoms with E-state index in [9.17, 15) is 9.59 Å². The number of pyridine rings is 1. The van der Waals surface area contributed by atoms with Crippen molar-refractivity contribution in [3.05, 3.63) is 60.2 Å². The molecule has 3 rings (SSSR count). The molecule has 1 amide bonds. The van der Waals surface area contributed by atoms with Crippen LogP contribution in [0.15, 0.2) is 48.7 Å². The molecule has 7 heteroatoms. The SMILES string of the molecule is CC(C)OC(=O)Cn1c(C(C)NC(=O)c2ccccn2)nc2ccccc21. The molecule has 0 saturated heterocycles. The second kappa shape index (κ2) is 7.99. The van der Waals surface area contributed by atoms with E-state index < -0.39 is 6.04 Å². The highest BCUT2D eigenvalue weighted by molar-refractivity contribution is 5.92. The number of benzene rings is 1. The van der Waals surface area contributed by atoms with Gasteiger partial charge in [-0.15, -0.1) is 0 Å². The smallest absolute Gasteiger partial charge is 0.326 e. The first-order valence-electron chi connectivity index (χ1n) is 8.82. The van der Waals surface area contributed by atoms with E-state index in [-0.39, 0.29) is 24.5 Å². The van der Waals surface area contributed by atoms with Gasteiger partial charge < -0.3 is 14.6 Å². The highest BCUT2D eigenvalue weighted by Crippen LogP contribution is 2.21. The first kappa shape index (κ1) is 18.6. The molecule has 1 aromatic carbocycles. The van der Waals surface area contributed by atoms with E-state index in [0.717, 1.165) is 11.0 Å². The summed E-state index contributed by atoms with van der Waals surface area (Å²) < 4.78 is 7.05. The molecule has 2 aromatic heterocycles. The van der Waals surface area contributed by atoms with Gasteiger partial charge in [-0.05, 0) is 45.0 Å². The van der Waals surface area contributed by atoms with Gasteiger partial charge in [-0.2, -0.15) is 0 Å². The molecule has 2 heterocycles. The summed E-state index contributed by atoms with van der Waals surface area (Å²) >= 11 is 0. The van der Waals surface area contributed by atoms with Crippen LogP contribution in [0.25, 0.3) is 11.0 Å². The first-order valence-corrected chi connectivity index (χ1v) is 8.82. The average molecular weight is 366 g/mol. The van der Waals surface area contributed by atoms with Crippen molar-refractivity contribution in [3.8, 4) is 0 Å². The van der Waals surface area contributed by atoms with Crippen LogP contribution in [0.4, 0.5) is 0 Å². The lowest BCUT2D eigenvalue weighted by molar-refractivity contribution is -0.148. The highest BCUT2D eigenvalue weighted by atomic mass is 16.5. The summed E-state index contributed by atoms with van der Waals surface area (Å²) in [5, 5.41) is 2.89. The molecule has 0 bridgehead atoms. The lowest BCUT2D eigenvalue weighted by Crippen LogP contribution is -2.30. The molecule has 1 N–H and O–H groups in total. The summed E-state index contributed by atoms with van der Waals surface area (Å²) in [4.78, 5) is 33.3. The fourth-order valence-corrected chi connectivity index (χ4v) is 2.85. The van der Waals surface area contributed by atoms with Crippen molar-refractivity contribution in [2.45, 2.75) is 39.5 Å². The molecule has 0 fully saturated rings. The van der Waals surface area contributed by atoms with Crippen LogP contribution in [-0.4, -0.2) is 32.5 Å². The zero-order valence-corrected chi connectivity index (χ0v) is 15.5. The third-order valence-corrected chi connectivity index (χ3v) is 3.97. The standard InChI is InChI=1S/C20H22N4O3/c1-13(2)27-18(25)12-24-17-10-5-4-8-15(17)23-19(24)14(3)22-20(26)16-9-6-7-11-21-16/h4-11,13-14H,12H2,1-3H3,(H,22,26). The average Bonchev–Trinajstić information content (AvgIpc) is 3.00. The van der Waals surface area contributed by atoms with Gasteiger partial charge in [0.1, 0.15) is 18.1 Å². The van der Waals surface area contributed by atoms with Crippen molar-refractivity contribution in [1.82, 2.24) is 19.9 Å². The van der Waals surface area contributed by atoms with Gasteiger partial charge in [0.25, 0.3) is 5.91 Å². The van der Waals surface area contributed by atoms with Gasteiger partial charge >= 0.3 is 5.97 Å². The Kier molecular flexibility index (Phi) is 5.49. The van der Waals surface area contributed by atoms with Gasteiger partial charge in [-0.25, -0.2) is 4.98 Å². The van der Waals surface area contributed by atoms with E-state index in [1.807, 2.05) is 31.2 Å². The minimum atomic E-state index is -0.418. The van der Waals surface area contributed by atoms with Crippen molar-refractivity contribution in [2.24, 2.45) is 0 Å². The number of nitrogens with one attached hydrogen (secondary N) is 1. The zero-order valence-electron chi connectivity index (χ0n) is 15.5. The Morgan fingerprint density at radius 1 is 1.11 bits per heavy atom. The molecule has 27 heavy (non-hydrogen) atoms. The van der Waals surface area contributed by atoms with Crippen LogP contribution in [0.2, 0.25) is 0 Å². The summed E-state index contributed by atoms with van der Waals surface area (Å²) in [5.41, 5.74) is 1.89. The Bertz CT molecular complexity index is 950. The minimum absolute atomic E-state index is 0.0256. The number of rotatable bonds is 6. The number of carbonyl (C=O) groups is 2. The van der Waals surface area contributed by atoms with Gasteiger partial charge in [0.15, 0.2) is 0 Å². The van der Waals surface area contributed by atoms with Crippen LogP contribution < -0.4 is 5.32 Å². The van der Waals surface area contributed by atoms with Crippen molar-refractivity contribution in [3.63, 3.8) is 0 Å². The molecule has 0 aliphatic rings. The molecule has 0 aliphatic carbocycles. The van der Waals surface area contributed by atoms with Gasteiger partial charge in [-0.3, -0.25) is 14.6 Å². The van der Waals surface area contributed by atoms with Crippen LogP contribution in [-0.2, 0) is 16.1 Å². The van der Waals surface area contributed by atoms with Crippen LogP contribution in [0.3, 0.4) is 0 Å². The lowest BCUT2D eigenvalue weighted by Gasteiger charge is -2.16. The Balaban J connectivity index is 1.89. The van der Waals surface area contributed by atoms with Crippen molar-refractivity contribution in [1.29, 1.82) is 0 Å². The molecule has 1 unspecified atom stereocenters. The summed E-state index contributed by atoms with van der Waals surface area (Å²) in [5.74, 6) is -0.0645. The molecular weight excluding hydrogens is 344 g/mol. The molecule has 0 saturated carbocycles. The number of amides is 1. The summed E-state index contributed by atoms with van der Waals surface area (Å²) in [6, 6.07) is 12.3. The number of imidazole rings is 1. The summed E-state index contributed by atoms with van der Waals surface area (Å²) in [6.07, 6.45) is 1.37. The quantitative estimate of drug-likeness (QED) is 0.678. The highest BCUT2D eigenvalue weighted by Gasteiger charge is 2.21. The molecule has 0 spiro atoms. The van der Waals surface area contributed by atoms with Gasteiger partial charge in [0.2, 0.25) is 0 Å². The maximum absolute atomic E-state index is 12.4. The fraction of sp³-hybridized carbons (Fsp3) is 0.300. The van der Waals surface area contributed by atoms with Gasteiger partial charge in [-0.1, -0.05) is 18.2 Å². The van der Waals surface area contributed by atoms with E-state index in [1.165, 1.54) is 0 Å². The van der Waals surface area contributed by atoms with Crippen molar-refractivity contribution >= 4 is 22.9 Å². The van der Waals surface area contributed by atoms with Crippen LogP contribution >= 0.6 is 0 Å². The maximum atomic E-state index is 12.4. The molecule has 0 aliphatic heterocycles. The molecule has 7 nitrogen and oxygen atoms in total. The number of esters is 1. The van der Waals surface area contributed by atoms with Gasteiger partial charge in [0, 0.05) is 6.20 Å². The first-order chi connectivity index (χ1) is 13.0. The molecule has 3 aromatic rings. The van der Waals surface area contributed by atoms with E-state index in [4.69, 9.17) is 4.74 Å². The van der Waals surface area contributed by atoms with E-state index in [0.29, 0.717) is 11.5 Å². The van der Waals surface area contributed by atoms with Gasteiger partial charge in [0.05, 0.1) is 23.2 Å². The summed E-state index contributed by atoms with van der Waals surface area (Å²) in [7, 11) is 0. The minimum Gasteiger partial charge on any atom is -0.462 e. The number of hydrogen-bond donors (Lipinski definition) is 1. The largest absolute Gasteiger partial charge is 0.462 e. The zero-order chi connectivity index (χ0) is 19.4. The Morgan fingerprint density at radius 3 is 2.56 bits per heavy atom. The monoisotopic (exact) mass is 366 g/mol. The molecule has 140 valence electrons. The number of para-hydroxylation sites is 2. The number of nitrogens with zero attached hydrogens (tertiary/aromatic N) is 3. The normalized spacial score (nSPS) is 12.1. The predicted molar refractivity (Wildman–Crippen MR) is 101 cm³/mol. The number of aromatic nitrogens is 3. The molecule has 1 atom stereocenters. The Hall–Kier alpha value is -3.22. The Morgan fingerprint density at radius 2 is 1.85 bits per heavy atom. The van der Waals surface area contributed by atoms with Crippen molar-refractivity contribution in [2.75, 3.05) is 0 Å². The predicted octanol–water partition coefficient (Wildman–Crippen LogP) is 2.87. The number of hydrogen-bond acceptors (Lipinski definition) is 5. The Labute approximate surface area is 157 Å². The van der Waals surface area contributed by atoms with E-state index >= 15 is 0 Å². The summed E-state index contributed by atoms with van der Waals surface area (Å²) in [6.45, 7) is 5.46. The topological polar surface area (TPSA) is 86.1 Å². The number of fused-ring (bicyclic) bond motifs is 1. The van der Waals surface area contributed by atoms with Crippen LogP contribution in [0.5, 0.6) is 0 Å². The van der Waals surface area contributed by atoms with E-state index in [2.05, 4.69) is 15.3 Å². The van der Waals surface area contributed by atoms with Crippen molar-refractivity contribution < 1.29 is 14.3 Å². The second-order valence-corrected chi connectivity index (χ2v) is 6.49. The second-order valence-electron chi connectivity index (χ2n) is 6.49. The van der Waals surface area contributed by atoms with Crippen LogP contribution in [0.1, 0.15) is 43.1 Å². The maximum Gasteiger partial charge on any atom is 0.326 e. The number of ether oxygens (including phenoxy) is 1.